The fourth-order valence-corrected chi connectivity index (χ4v) is 9.55. The molecule has 0 spiro atoms. The van der Waals surface area contributed by atoms with E-state index in [1.54, 1.807) is 0 Å². The van der Waals surface area contributed by atoms with Gasteiger partial charge in [-0.2, -0.15) is 0 Å². The molecule has 0 unspecified atom stereocenters. The second-order valence-corrected chi connectivity index (χ2v) is 13.1. The van der Waals surface area contributed by atoms with Crippen LogP contribution in [0.25, 0.3) is 0 Å². The molecule has 5 rings (SSSR count). The quantitative estimate of drug-likeness (QED) is 0.265. The molecule has 0 aliphatic heterocycles. The van der Waals surface area contributed by atoms with Crippen LogP contribution in [0.15, 0.2) is 121 Å². The predicted molar refractivity (Wildman–Crippen MR) is 155 cm³/mol. The molecule has 35 heavy (non-hydrogen) atoms. The van der Waals surface area contributed by atoms with Gasteiger partial charge in [0.25, 0.3) is 0 Å². The lowest BCUT2D eigenvalue weighted by atomic mass is 10.00. The monoisotopic (exact) mass is 490 g/mol. The molecular formula is C32H30NP2. The highest BCUT2D eigenvalue weighted by molar-refractivity contribution is 7.76. The first-order valence-electron chi connectivity index (χ1n) is 12.0. The topological polar surface area (TPSA) is 3.24 Å². The Hall–Kier alpha value is -2.30. The van der Waals surface area contributed by atoms with Gasteiger partial charge in [0.15, 0.2) is 0 Å². The number of hydrogen-bond acceptors (Lipinski definition) is 1. The van der Waals surface area contributed by atoms with Gasteiger partial charge in [0.05, 0.1) is 0 Å². The van der Waals surface area contributed by atoms with E-state index in [0.717, 1.165) is 0 Å². The van der Waals surface area contributed by atoms with Gasteiger partial charge in [0.1, 0.15) is 0 Å². The Morgan fingerprint density at radius 2 is 0.943 bits per heavy atom. The maximum atomic E-state index is 2.59. The Balaban J connectivity index is 1.49. The lowest BCUT2D eigenvalue weighted by Crippen LogP contribution is -2.37. The van der Waals surface area contributed by atoms with Crippen molar-refractivity contribution >= 4 is 37.2 Å². The molecule has 1 atom stereocenters. The molecule has 1 aliphatic rings. The third-order valence-corrected chi connectivity index (χ3v) is 11.5. The summed E-state index contributed by atoms with van der Waals surface area (Å²) in [7, 11) is 1.00. The molecule has 0 N–H and O–H groups in total. The van der Waals surface area contributed by atoms with Gasteiger partial charge in [-0.25, -0.2) is 0 Å². The average Bonchev–Trinajstić information content (AvgIpc) is 3.40. The zero-order valence-electron chi connectivity index (χ0n) is 20.2. The molecule has 1 saturated carbocycles. The van der Waals surface area contributed by atoms with Crippen molar-refractivity contribution in [2.75, 3.05) is 7.05 Å². The normalized spacial score (nSPS) is 15.8. The molecular weight excluding hydrogens is 460 g/mol. The number of nitrogens with zero attached hydrogens (tertiary/aromatic N) is 1. The molecule has 4 aromatic rings. The smallest absolute Gasteiger partial charge is 0.0281 e. The lowest BCUT2D eigenvalue weighted by Gasteiger charge is -2.40. The second-order valence-electron chi connectivity index (χ2n) is 8.61. The first-order valence-corrected chi connectivity index (χ1v) is 14.7. The second kappa shape index (κ2) is 11.6. The maximum Gasteiger partial charge on any atom is 0.0281 e. The highest BCUT2D eigenvalue weighted by Gasteiger charge is 2.42. The number of benzene rings is 4. The molecule has 5 radical (unpaired) electrons. The standard InChI is InChI=1S/C32H30NP2/c1-26(33(2)35(29-20-11-5-12-21-29)30-22-13-6-14-23-30)31-24-15-25-32(31)34(27-16-7-3-8-17-27)28-18-9-4-10-19-28/h3-26H,1-2H3/t26-/m1/s1. The van der Waals surface area contributed by atoms with Crippen LogP contribution in [0, 0.1) is 30.8 Å². The van der Waals surface area contributed by atoms with Gasteiger partial charge in [0, 0.05) is 25.7 Å². The summed E-state index contributed by atoms with van der Waals surface area (Å²) >= 11 is 0. The largest absolute Gasteiger partial charge is 0.274 e. The van der Waals surface area contributed by atoms with Gasteiger partial charge in [-0.3, -0.25) is 4.67 Å². The number of rotatable bonds is 8. The minimum Gasteiger partial charge on any atom is -0.274 e. The SMILES string of the molecule is C[C@H]([C]1[CH][CH][CH][C]1P(c1ccccc1)c1ccccc1)N(C)P(c1ccccc1)c1ccccc1. The van der Waals surface area contributed by atoms with E-state index in [2.05, 4.69) is 159 Å². The van der Waals surface area contributed by atoms with Gasteiger partial charge < -0.3 is 0 Å². The molecule has 173 valence electrons. The number of hydrogen-bond donors (Lipinski definition) is 0. The van der Waals surface area contributed by atoms with Crippen LogP contribution in [0.3, 0.4) is 0 Å². The van der Waals surface area contributed by atoms with Crippen LogP contribution in [0.2, 0.25) is 0 Å². The van der Waals surface area contributed by atoms with Crippen LogP contribution in [0.4, 0.5) is 0 Å². The van der Waals surface area contributed by atoms with Crippen LogP contribution < -0.4 is 21.2 Å². The fourth-order valence-electron chi connectivity index (χ4n) is 4.59. The molecule has 1 fully saturated rings. The van der Waals surface area contributed by atoms with Crippen molar-refractivity contribution in [3.05, 3.63) is 152 Å². The molecule has 0 aromatic heterocycles. The van der Waals surface area contributed by atoms with Gasteiger partial charge in [0.2, 0.25) is 0 Å². The van der Waals surface area contributed by atoms with E-state index in [9.17, 15) is 0 Å². The molecule has 1 nitrogen and oxygen atoms in total. The summed E-state index contributed by atoms with van der Waals surface area (Å²) in [5, 5.41) is 5.54. The van der Waals surface area contributed by atoms with E-state index in [-0.39, 0.29) is 6.04 Å². The minimum atomic E-state index is -0.656. The Labute approximate surface area is 213 Å². The van der Waals surface area contributed by atoms with Crippen LogP contribution >= 0.6 is 16.0 Å². The summed E-state index contributed by atoms with van der Waals surface area (Å²) in [6, 6.07) is 44.2. The molecule has 0 amide bonds. The van der Waals surface area contributed by atoms with Crippen LogP contribution in [-0.2, 0) is 0 Å². The van der Waals surface area contributed by atoms with Crippen LogP contribution in [-0.4, -0.2) is 17.8 Å². The van der Waals surface area contributed by atoms with E-state index in [4.69, 9.17) is 0 Å². The highest BCUT2D eigenvalue weighted by Crippen LogP contribution is 2.58. The molecule has 0 bridgehead atoms. The first kappa shape index (κ1) is 24.4. The molecule has 4 aromatic carbocycles. The van der Waals surface area contributed by atoms with Gasteiger partial charge in [-0.1, -0.05) is 121 Å². The molecule has 3 heteroatoms. The maximum absolute atomic E-state index is 2.59. The third kappa shape index (κ3) is 5.44. The van der Waals surface area contributed by atoms with Crippen molar-refractivity contribution in [1.82, 2.24) is 4.67 Å². The lowest BCUT2D eigenvalue weighted by molar-refractivity contribution is 0.454. The van der Waals surface area contributed by atoms with E-state index < -0.39 is 16.0 Å². The highest BCUT2D eigenvalue weighted by atomic mass is 31.1. The predicted octanol–water partition coefficient (Wildman–Crippen LogP) is 6.22. The van der Waals surface area contributed by atoms with Crippen molar-refractivity contribution in [2.24, 2.45) is 0 Å². The van der Waals surface area contributed by atoms with E-state index in [1.807, 2.05) is 0 Å². The van der Waals surface area contributed by atoms with Gasteiger partial charge in [-0.05, 0) is 62.4 Å². The summed E-state index contributed by atoms with van der Waals surface area (Å²) in [6.45, 7) is 2.36. The van der Waals surface area contributed by atoms with Crippen molar-refractivity contribution < 1.29 is 0 Å². The fraction of sp³-hybridized carbons (Fsp3) is 0.0938. The van der Waals surface area contributed by atoms with Crippen molar-refractivity contribution in [2.45, 2.75) is 13.0 Å². The first-order chi connectivity index (χ1) is 17.2. The summed E-state index contributed by atoms with van der Waals surface area (Å²) in [5.41, 5.74) is 1.45. The molecule has 0 saturated heterocycles. The average molecular weight is 491 g/mol. The Morgan fingerprint density at radius 3 is 1.37 bits per heavy atom. The van der Waals surface area contributed by atoms with E-state index in [1.165, 1.54) is 32.8 Å². The summed E-state index contributed by atoms with van der Waals surface area (Å²) in [6.07, 6.45) is 6.92. The summed E-state index contributed by atoms with van der Waals surface area (Å²) in [4.78, 5) is 0. The Morgan fingerprint density at radius 1 is 0.543 bits per heavy atom. The van der Waals surface area contributed by atoms with Gasteiger partial charge in [-0.15, -0.1) is 0 Å². The molecule has 0 heterocycles. The van der Waals surface area contributed by atoms with Crippen molar-refractivity contribution in [1.29, 1.82) is 0 Å². The van der Waals surface area contributed by atoms with Gasteiger partial charge >= 0.3 is 0 Å². The van der Waals surface area contributed by atoms with E-state index >= 15 is 0 Å². The summed E-state index contributed by atoms with van der Waals surface area (Å²) in [5.74, 6) is 1.42. The third-order valence-electron chi connectivity index (χ3n) is 6.42. The van der Waals surface area contributed by atoms with Crippen LogP contribution in [0.5, 0.6) is 0 Å². The molecule has 1 aliphatic carbocycles. The van der Waals surface area contributed by atoms with Crippen molar-refractivity contribution in [3.63, 3.8) is 0 Å². The van der Waals surface area contributed by atoms with E-state index in [0.29, 0.717) is 0 Å². The Bertz CT molecular complexity index is 1090. The zero-order valence-corrected chi connectivity index (χ0v) is 22.0. The van der Waals surface area contributed by atoms with Crippen molar-refractivity contribution in [3.8, 4) is 0 Å². The van der Waals surface area contributed by atoms with Crippen LogP contribution in [0.1, 0.15) is 6.92 Å². The Kier molecular flexibility index (Phi) is 8.10. The summed E-state index contributed by atoms with van der Waals surface area (Å²) < 4.78 is 2.59. The minimum absolute atomic E-state index is 0.268. The zero-order chi connectivity index (χ0) is 24.0.